The highest BCUT2D eigenvalue weighted by Gasteiger charge is 2.39. The van der Waals surface area contributed by atoms with E-state index in [2.05, 4.69) is 65.2 Å². The Morgan fingerprint density at radius 1 is 1.11 bits per heavy atom. The first-order valence-corrected chi connectivity index (χ1v) is 22.8. The Balaban J connectivity index is 1.28. The number of piperazine rings is 1. The topological polar surface area (TPSA) is 154 Å². The smallest absolute Gasteiger partial charge is 0.324 e. The molecule has 0 unspecified atom stereocenters. The number of aryl methyl sites for hydroxylation is 1. The molecule has 334 valence electrons. The maximum Gasteiger partial charge on any atom is 0.324 e. The van der Waals surface area contributed by atoms with Crippen LogP contribution >= 0.6 is 11.3 Å². The summed E-state index contributed by atoms with van der Waals surface area (Å²) in [5, 5.41) is 8.22. The fourth-order valence-corrected chi connectivity index (χ4v) is 9.94. The van der Waals surface area contributed by atoms with Crippen LogP contribution in [0.2, 0.25) is 0 Å². The fourth-order valence-electron chi connectivity index (χ4n) is 9.09. The molecular formula is C46H63N9O6S. The van der Waals surface area contributed by atoms with Crippen molar-refractivity contribution in [3.8, 4) is 22.5 Å². The Kier molecular flexibility index (Phi) is 13.7. The van der Waals surface area contributed by atoms with Gasteiger partial charge in [0.1, 0.15) is 18.1 Å². The maximum atomic E-state index is 14.6. The number of hydrazine groups is 1. The van der Waals surface area contributed by atoms with Gasteiger partial charge in [-0.3, -0.25) is 24.4 Å². The summed E-state index contributed by atoms with van der Waals surface area (Å²) in [5.41, 5.74) is 9.40. The minimum absolute atomic E-state index is 0.114. The van der Waals surface area contributed by atoms with Gasteiger partial charge in [-0.25, -0.2) is 15.2 Å². The first kappa shape index (κ1) is 45.1. The third-order valence-electron chi connectivity index (χ3n) is 12.5. The average Bonchev–Trinajstić information content (AvgIpc) is 3.85. The van der Waals surface area contributed by atoms with Gasteiger partial charge in [0, 0.05) is 98.9 Å². The molecule has 4 atom stereocenters. The minimum Gasteiger partial charge on any atom is -0.464 e. The molecule has 3 aliphatic heterocycles. The summed E-state index contributed by atoms with van der Waals surface area (Å²) in [7, 11) is 5.37. The highest BCUT2D eigenvalue weighted by Crippen LogP contribution is 2.42. The number of likely N-dealkylation sites (N-methyl/N-ethyl adjacent to an activating group) is 2. The van der Waals surface area contributed by atoms with Crippen LogP contribution in [0.25, 0.3) is 33.4 Å². The zero-order valence-electron chi connectivity index (χ0n) is 37.7. The molecule has 4 aromatic rings. The highest BCUT2D eigenvalue weighted by atomic mass is 32.1. The third-order valence-corrected chi connectivity index (χ3v) is 13.4. The van der Waals surface area contributed by atoms with Crippen molar-refractivity contribution < 1.29 is 28.7 Å². The number of fused-ring (bicyclic) bond motifs is 6. The molecule has 3 aromatic heterocycles. The van der Waals surface area contributed by atoms with Crippen molar-refractivity contribution in [2.75, 3.05) is 60.5 Å². The summed E-state index contributed by atoms with van der Waals surface area (Å²) < 4.78 is 14.2. The summed E-state index contributed by atoms with van der Waals surface area (Å²) >= 11 is 1.43. The molecule has 2 fully saturated rings. The largest absolute Gasteiger partial charge is 0.464 e. The molecule has 3 aliphatic rings. The van der Waals surface area contributed by atoms with Crippen LogP contribution in [0.5, 0.6) is 0 Å². The Morgan fingerprint density at radius 3 is 2.58 bits per heavy atom. The zero-order chi connectivity index (χ0) is 44.5. The van der Waals surface area contributed by atoms with Crippen LogP contribution in [-0.4, -0.2) is 137 Å². The number of aromatic nitrogens is 3. The van der Waals surface area contributed by atoms with E-state index in [0.717, 1.165) is 57.8 Å². The van der Waals surface area contributed by atoms with Crippen molar-refractivity contribution >= 4 is 46.1 Å². The van der Waals surface area contributed by atoms with E-state index in [1.54, 1.807) is 25.3 Å². The molecule has 0 aliphatic carbocycles. The number of hydrogen-bond acceptors (Lipinski definition) is 11. The summed E-state index contributed by atoms with van der Waals surface area (Å²) in [5.74, 6) is -1.50. The molecule has 2 N–H and O–H groups in total. The molecule has 6 heterocycles. The number of carbonyl (C=O) groups excluding carboxylic acids is 4. The van der Waals surface area contributed by atoms with Crippen molar-refractivity contribution in [3.63, 3.8) is 0 Å². The SMILES string of the molecule is CCn1c(-c2cccnc2[C@H](C)OC)c2c3cc(ccc31)-c1csc(n1)C[C@H](NC(=O)[C@H](C(C)C)N(C)C(=O)N1CCN(C)CC1)C(=O)N1CCC[C@H](N1)C(=O)OCC(C)(C)C2. The quantitative estimate of drug-likeness (QED) is 0.216. The first-order valence-electron chi connectivity index (χ1n) is 21.9. The number of amides is 4. The number of rotatable bonds is 8. The van der Waals surface area contributed by atoms with Gasteiger partial charge in [-0.05, 0) is 75.9 Å². The second-order valence-corrected chi connectivity index (χ2v) is 19.1. The van der Waals surface area contributed by atoms with Crippen LogP contribution < -0.4 is 10.7 Å². The molecule has 62 heavy (non-hydrogen) atoms. The lowest BCUT2D eigenvalue weighted by Crippen LogP contribution is -2.62. The summed E-state index contributed by atoms with van der Waals surface area (Å²) in [4.78, 5) is 71.8. The number of benzene rings is 1. The van der Waals surface area contributed by atoms with Gasteiger partial charge in [0.2, 0.25) is 5.91 Å². The van der Waals surface area contributed by atoms with Crippen molar-refractivity contribution in [1.82, 2.24) is 45.0 Å². The van der Waals surface area contributed by atoms with Crippen LogP contribution in [0.15, 0.2) is 41.9 Å². The van der Waals surface area contributed by atoms with E-state index >= 15 is 0 Å². The number of pyridine rings is 1. The van der Waals surface area contributed by atoms with Gasteiger partial charge in [0.25, 0.3) is 5.91 Å². The Morgan fingerprint density at radius 2 is 1.87 bits per heavy atom. The number of methoxy groups -OCH3 is 1. The summed E-state index contributed by atoms with van der Waals surface area (Å²) in [6.45, 7) is 16.0. The lowest BCUT2D eigenvalue weighted by atomic mass is 9.84. The van der Waals surface area contributed by atoms with Gasteiger partial charge in [0.05, 0.1) is 34.8 Å². The summed E-state index contributed by atoms with van der Waals surface area (Å²) in [6.07, 6.45) is 3.31. The molecule has 15 nitrogen and oxygen atoms in total. The van der Waals surface area contributed by atoms with Crippen LogP contribution in [0.1, 0.15) is 76.8 Å². The van der Waals surface area contributed by atoms with Crippen molar-refractivity contribution in [1.29, 1.82) is 0 Å². The maximum absolute atomic E-state index is 14.6. The van der Waals surface area contributed by atoms with E-state index in [4.69, 9.17) is 19.4 Å². The van der Waals surface area contributed by atoms with Gasteiger partial charge < -0.3 is 34.1 Å². The Bertz CT molecular complexity index is 2280. The average molecular weight is 870 g/mol. The first-order chi connectivity index (χ1) is 29.6. The van der Waals surface area contributed by atoms with Gasteiger partial charge in [0.15, 0.2) is 0 Å². The minimum atomic E-state index is -1.03. The van der Waals surface area contributed by atoms with E-state index in [0.29, 0.717) is 50.4 Å². The molecule has 0 spiro atoms. The zero-order valence-corrected chi connectivity index (χ0v) is 38.5. The summed E-state index contributed by atoms with van der Waals surface area (Å²) in [6, 6.07) is 7.62. The number of thiazole rings is 1. The van der Waals surface area contributed by atoms with Gasteiger partial charge in [-0.1, -0.05) is 33.8 Å². The number of cyclic esters (lactones) is 1. The van der Waals surface area contributed by atoms with Crippen molar-refractivity contribution in [3.05, 3.63) is 58.2 Å². The molecular weight excluding hydrogens is 807 g/mol. The van der Waals surface area contributed by atoms with Crippen LogP contribution in [0, 0.1) is 11.3 Å². The molecule has 4 amide bonds. The predicted octanol–water partition coefficient (Wildman–Crippen LogP) is 5.53. The second-order valence-electron chi connectivity index (χ2n) is 18.1. The van der Waals surface area contributed by atoms with Crippen LogP contribution in [0.3, 0.4) is 0 Å². The monoisotopic (exact) mass is 869 g/mol. The molecule has 7 rings (SSSR count). The standard InChI is InChI=1S/C46H63N9O6S/c1-10-54-37-16-15-30-23-32(37)33(41(54)31-13-11-17-47-39(31)29(4)60-9)25-46(5,6)27-61-44(58)34-14-12-18-55(50-34)43(57)35(24-38-48-36(30)26-62-38)49-42(56)40(28(2)3)52(8)45(59)53-21-19-51(7)20-22-53/h11,13,15-17,23,26,28-29,34-35,40,50H,10,12,14,18-22,24-25,27H2,1-9H3,(H,49,56)/t29-,34-,35-,40-/m0/s1. The van der Waals surface area contributed by atoms with Crippen molar-refractivity contribution in [2.45, 2.75) is 98.0 Å². The number of nitrogens with zero attached hydrogens (tertiary/aromatic N) is 7. The second kappa shape index (κ2) is 18.8. The van der Waals surface area contributed by atoms with Gasteiger partial charge in [-0.15, -0.1) is 11.3 Å². The third kappa shape index (κ3) is 9.38. The van der Waals surface area contributed by atoms with Crippen LogP contribution in [0.4, 0.5) is 4.79 Å². The van der Waals surface area contributed by atoms with Crippen molar-refractivity contribution in [2.24, 2.45) is 11.3 Å². The fraction of sp³-hybridized carbons (Fsp3) is 0.565. The predicted molar refractivity (Wildman–Crippen MR) is 240 cm³/mol. The molecule has 6 bridgehead atoms. The van der Waals surface area contributed by atoms with Crippen LogP contribution in [-0.2, 0) is 43.2 Å². The number of urea groups is 1. The Hall–Kier alpha value is -4.90. The van der Waals surface area contributed by atoms with E-state index < -0.39 is 35.4 Å². The lowest BCUT2D eigenvalue weighted by Gasteiger charge is -2.39. The van der Waals surface area contributed by atoms with Gasteiger partial charge in [-0.2, -0.15) is 0 Å². The van der Waals surface area contributed by atoms with Gasteiger partial charge >= 0.3 is 12.0 Å². The number of ether oxygens (including phenoxy) is 2. The molecule has 0 radical (unpaired) electrons. The molecule has 2 saturated heterocycles. The molecule has 0 saturated carbocycles. The molecule has 16 heteroatoms. The number of hydrogen-bond donors (Lipinski definition) is 2. The van der Waals surface area contributed by atoms with E-state index in [1.165, 1.54) is 21.2 Å². The highest BCUT2D eigenvalue weighted by molar-refractivity contribution is 7.10. The number of esters is 1. The van der Waals surface area contributed by atoms with E-state index in [1.807, 2.05) is 39.3 Å². The molecule has 1 aromatic carbocycles. The normalized spacial score (nSPS) is 21.1. The van der Waals surface area contributed by atoms with E-state index in [-0.39, 0.29) is 37.0 Å². The Labute approximate surface area is 369 Å². The number of carbonyl (C=O) groups is 4. The number of nitrogens with one attached hydrogen (secondary N) is 2. The lowest BCUT2D eigenvalue weighted by molar-refractivity contribution is -0.155. The van der Waals surface area contributed by atoms with E-state index in [9.17, 15) is 19.2 Å².